The summed E-state index contributed by atoms with van der Waals surface area (Å²) in [5, 5.41) is 11.3. The Hall–Kier alpha value is -2.05. The van der Waals surface area contributed by atoms with E-state index in [1.807, 2.05) is 0 Å². The Morgan fingerprint density at radius 3 is 2.89 bits per heavy atom. The molecule has 7 heteroatoms. The normalized spacial score (nSPS) is 10.1. The Morgan fingerprint density at radius 2 is 2.33 bits per heavy atom. The summed E-state index contributed by atoms with van der Waals surface area (Å²) in [4.78, 5) is 30.4. The van der Waals surface area contributed by atoms with Crippen molar-refractivity contribution < 1.29 is 14.7 Å². The number of aryl methyl sites for hydroxylation is 1. The van der Waals surface area contributed by atoms with Gasteiger partial charge in [0.1, 0.15) is 12.4 Å². The Balaban J connectivity index is 2.21. The third kappa shape index (κ3) is 4.86. The van der Waals surface area contributed by atoms with Crippen LogP contribution in [0.15, 0.2) is 12.4 Å². The molecular weight excluding hydrogens is 236 g/mol. The van der Waals surface area contributed by atoms with Crippen LogP contribution in [0.25, 0.3) is 0 Å². The van der Waals surface area contributed by atoms with Gasteiger partial charge in [-0.3, -0.25) is 4.79 Å². The van der Waals surface area contributed by atoms with Crippen LogP contribution < -0.4 is 5.32 Å². The lowest BCUT2D eigenvalue weighted by Gasteiger charge is -2.18. The molecule has 0 bridgehead atoms. The molecule has 1 aromatic heterocycles. The number of H-pyrrole nitrogens is 1. The second-order valence-electron chi connectivity index (χ2n) is 3.78. The lowest BCUT2D eigenvalue weighted by atomic mass is 10.3. The maximum Gasteiger partial charge on any atom is 0.323 e. The zero-order chi connectivity index (χ0) is 13.4. The van der Waals surface area contributed by atoms with E-state index in [1.54, 1.807) is 19.3 Å². The van der Waals surface area contributed by atoms with Gasteiger partial charge in [0.2, 0.25) is 0 Å². The van der Waals surface area contributed by atoms with Crippen molar-refractivity contribution in [2.75, 3.05) is 19.6 Å². The molecule has 18 heavy (non-hydrogen) atoms. The fourth-order valence-corrected chi connectivity index (χ4v) is 1.49. The van der Waals surface area contributed by atoms with Crippen LogP contribution in [-0.2, 0) is 11.2 Å². The molecule has 1 rings (SSSR count). The molecule has 0 spiro atoms. The van der Waals surface area contributed by atoms with Gasteiger partial charge >= 0.3 is 12.0 Å². The molecule has 0 atom stereocenters. The van der Waals surface area contributed by atoms with Gasteiger partial charge in [-0.05, 0) is 13.3 Å². The number of aromatic amines is 1. The zero-order valence-electron chi connectivity index (χ0n) is 10.3. The molecule has 0 aromatic carbocycles. The third-order valence-corrected chi connectivity index (χ3v) is 2.42. The number of rotatable bonds is 7. The van der Waals surface area contributed by atoms with Gasteiger partial charge in [-0.15, -0.1) is 0 Å². The minimum Gasteiger partial charge on any atom is -0.480 e. The highest BCUT2D eigenvalue weighted by molar-refractivity contribution is 5.79. The Morgan fingerprint density at radius 1 is 1.56 bits per heavy atom. The van der Waals surface area contributed by atoms with Crippen LogP contribution in [0.1, 0.15) is 19.2 Å². The SMILES string of the molecule is CCN(CC(=O)O)C(=O)NCCCc1ncc[nH]1. The van der Waals surface area contributed by atoms with Crippen LogP contribution in [0.5, 0.6) is 0 Å². The van der Waals surface area contributed by atoms with Crippen molar-refractivity contribution in [1.29, 1.82) is 0 Å². The molecule has 3 N–H and O–H groups in total. The van der Waals surface area contributed by atoms with E-state index in [-0.39, 0.29) is 12.6 Å². The minimum atomic E-state index is -1.01. The second kappa shape index (κ2) is 7.31. The van der Waals surface area contributed by atoms with Crippen LogP contribution in [-0.4, -0.2) is 51.6 Å². The predicted octanol–water partition coefficient (Wildman–Crippen LogP) is 0.458. The average molecular weight is 254 g/mol. The number of imidazole rings is 1. The first-order valence-corrected chi connectivity index (χ1v) is 5.86. The smallest absolute Gasteiger partial charge is 0.323 e. The van der Waals surface area contributed by atoms with Gasteiger partial charge < -0.3 is 20.3 Å². The number of likely N-dealkylation sites (N-methyl/N-ethyl adjacent to an activating group) is 1. The summed E-state index contributed by atoms with van der Waals surface area (Å²) < 4.78 is 0. The summed E-state index contributed by atoms with van der Waals surface area (Å²) >= 11 is 0. The first kappa shape index (κ1) is 14.0. The van der Waals surface area contributed by atoms with Crippen molar-refractivity contribution in [2.45, 2.75) is 19.8 Å². The molecule has 1 aromatic rings. The van der Waals surface area contributed by atoms with Crippen molar-refractivity contribution in [3.05, 3.63) is 18.2 Å². The van der Waals surface area contributed by atoms with Gasteiger partial charge in [0.05, 0.1) is 0 Å². The number of aliphatic carboxylic acids is 1. The Bertz CT molecular complexity index is 378. The number of nitrogens with zero attached hydrogens (tertiary/aromatic N) is 2. The Labute approximate surface area is 105 Å². The largest absolute Gasteiger partial charge is 0.480 e. The fraction of sp³-hybridized carbons (Fsp3) is 0.545. The highest BCUT2D eigenvalue weighted by Crippen LogP contribution is 1.94. The van der Waals surface area contributed by atoms with Crippen molar-refractivity contribution in [3.63, 3.8) is 0 Å². The van der Waals surface area contributed by atoms with E-state index in [4.69, 9.17) is 5.11 Å². The van der Waals surface area contributed by atoms with Gasteiger partial charge in [0, 0.05) is 31.9 Å². The number of carboxylic acid groups (broad SMARTS) is 1. The van der Waals surface area contributed by atoms with Crippen LogP contribution in [0.2, 0.25) is 0 Å². The molecule has 2 amide bonds. The van der Waals surface area contributed by atoms with Crippen molar-refractivity contribution in [3.8, 4) is 0 Å². The maximum atomic E-state index is 11.6. The number of carboxylic acids is 1. The van der Waals surface area contributed by atoms with Gasteiger partial charge in [0.15, 0.2) is 0 Å². The first-order chi connectivity index (χ1) is 8.63. The van der Waals surface area contributed by atoms with Crippen LogP contribution in [0, 0.1) is 0 Å². The second-order valence-corrected chi connectivity index (χ2v) is 3.78. The fourth-order valence-electron chi connectivity index (χ4n) is 1.49. The van der Waals surface area contributed by atoms with E-state index in [1.165, 1.54) is 4.90 Å². The maximum absolute atomic E-state index is 11.6. The molecule has 0 fully saturated rings. The summed E-state index contributed by atoms with van der Waals surface area (Å²) in [6, 6.07) is -0.348. The number of nitrogens with one attached hydrogen (secondary N) is 2. The summed E-state index contributed by atoms with van der Waals surface area (Å²) in [6.45, 7) is 2.33. The van der Waals surface area contributed by atoms with Crippen molar-refractivity contribution >= 4 is 12.0 Å². The number of hydrogen-bond acceptors (Lipinski definition) is 3. The van der Waals surface area contributed by atoms with Gasteiger partial charge in [-0.25, -0.2) is 9.78 Å². The molecule has 1 heterocycles. The molecule has 0 radical (unpaired) electrons. The van der Waals surface area contributed by atoms with E-state index < -0.39 is 5.97 Å². The number of carbonyl (C=O) groups excluding carboxylic acids is 1. The van der Waals surface area contributed by atoms with E-state index in [2.05, 4.69) is 15.3 Å². The standard InChI is InChI=1S/C11H18N4O3/c1-2-15(8-10(16)17)11(18)14-5-3-4-9-12-6-7-13-9/h6-7H,2-5,8H2,1H3,(H,12,13)(H,14,18)(H,16,17). The van der Waals surface area contributed by atoms with Crippen molar-refractivity contribution in [2.24, 2.45) is 0 Å². The molecule has 0 aliphatic heterocycles. The quantitative estimate of drug-likeness (QED) is 0.615. The number of carbonyl (C=O) groups is 2. The highest BCUT2D eigenvalue weighted by atomic mass is 16.4. The molecular formula is C11H18N4O3. The monoisotopic (exact) mass is 254 g/mol. The molecule has 100 valence electrons. The van der Waals surface area contributed by atoms with Gasteiger partial charge in [-0.2, -0.15) is 0 Å². The average Bonchev–Trinajstić information content (AvgIpc) is 2.84. The van der Waals surface area contributed by atoms with E-state index in [0.29, 0.717) is 13.1 Å². The summed E-state index contributed by atoms with van der Waals surface area (Å²) in [6.07, 6.45) is 4.93. The van der Waals surface area contributed by atoms with Crippen LogP contribution in [0.3, 0.4) is 0 Å². The van der Waals surface area contributed by atoms with Gasteiger partial charge in [0.25, 0.3) is 0 Å². The van der Waals surface area contributed by atoms with Gasteiger partial charge in [-0.1, -0.05) is 0 Å². The highest BCUT2D eigenvalue weighted by Gasteiger charge is 2.13. The number of hydrogen-bond donors (Lipinski definition) is 3. The molecule has 0 aliphatic rings. The molecule has 0 aliphatic carbocycles. The number of urea groups is 1. The Kier molecular flexibility index (Phi) is 5.69. The zero-order valence-corrected chi connectivity index (χ0v) is 10.3. The third-order valence-electron chi connectivity index (χ3n) is 2.42. The van der Waals surface area contributed by atoms with E-state index in [0.717, 1.165) is 18.7 Å². The summed E-state index contributed by atoms with van der Waals surface area (Å²) in [5.41, 5.74) is 0. The molecule has 0 unspecified atom stereocenters. The first-order valence-electron chi connectivity index (χ1n) is 5.86. The van der Waals surface area contributed by atoms with Crippen molar-refractivity contribution in [1.82, 2.24) is 20.2 Å². The predicted molar refractivity (Wildman–Crippen MR) is 65.2 cm³/mol. The van der Waals surface area contributed by atoms with E-state index >= 15 is 0 Å². The summed E-state index contributed by atoms with van der Waals surface area (Å²) in [7, 11) is 0. The van der Waals surface area contributed by atoms with Crippen LogP contribution >= 0.6 is 0 Å². The lowest BCUT2D eigenvalue weighted by Crippen LogP contribution is -2.42. The topological polar surface area (TPSA) is 98.3 Å². The molecule has 7 nitrogen and oxygen atoms in total. The minimum absolute atomic E-state index is 0.277. The number of aromatic nitrogens is 2. The molecule has 0 saturated carbocycles. The van der Waals surface area contributed by atoms with E-state index in [9.17, 15) is 9.59 Å². The lowest BCUT2D eigenvalue weighted by molar-refractivity contribution is -0.137. The molecule has 0 saturated heterocycles. The van der Waals surface area contributed by atoms with Crippen LogP contribution in [0.4, 0.5) is 4.79 Å². The summed E-state index contributed by atoms with van der Waals surface area (Å²) in [5.74, 6) is -0.135. The number of amides is 2.